The maximum absolute atomic E-state index is 5.57. The molecule has 0 saturated carbocycles. The van der Waals surface area contributed by atoms with Crippen LogP contribution in [0.5, 0.6) is 17.2 Å². The number of ether oxygens (including phenoxy) is 3. The number of aromatic amines is 1. The number of fused-ring (bicyclic) bond motifs is 3. The summed E-state index contributed by atoms with van der Waals surface area (Å²) >= 11 is 0. The van der Waals surface area contributed by atoms with Crippen LogP contribution in [0.4, 0.5) is 0 Å². The third-order valence-electron chi connectivity index (χ3n) is 5.50. The number of para-hydroxylation sites is 1. The van der Waals surface area contributed by atoms with Gasteiger partial charge in [0.2, 0.25) is 5.75 Å². The number of nitrogens with one attached hydrogen (secondary N) is 2. The SMILES string of the molecule is CC[C@@H]1Cc2c([nH]c3ccccc23)[C@@H](c2cc(OC)c(OC)c(OC)c2)N1. The highest BCUT2D eigenvalue weighted by Gasteiger charge is 2.31. The fraction of sp³-hybridized carbons (Fsp3) is 0.364. The molecule has 0 fully saturated rings. The zero-order valence-electron chi connectivity index (χ0n) is 16.3. The first-order chi connectivity index (χ1) is 13.2. The van der Waals surface area contributed by atoms with Crippen molar-refractivity contribution in [2.45, 2.75) is 31.8 Å². The molecule has 0 spiro atoms. The fourth-order valence-electron chi connectivity index (χ4n) is 4.10. The van der Waals surface area contributed by atoms with Crippen molar-refractivity contribution in [1.29, 1.82) is 0 Å². The van der Waals surface area contributed by atoms with Crippen LogP contribution in [0.15, 0.2) is 36.4 Å². The molecule has 2 aromatic carbocycles. The van der Waals surface area contributed by atoms with E-state index in [1.807, 2.05) is 12.1 Å². The van der Waals surface area contributed by atoms with Gasteiger partial charge < -0.3 is 24.5 Å². The molecular formula is C22H26N2O3. The first-order valence-corrected chi connectivity index (χ1v) is 9.35. The highest BCUT2D eigenvalue weighted by Crippen LogP contribution is 2.43. The molecule has 1 aromatic heterocycles. The van der Waals surface area contributed by atoms with Crippen molar-refractivity contribution in [1.82, 2.24) is 10.3 Å². The molecular weight excluding hydrogens is 340 g/mol. The topological polar surface area (TPSA) is 55.5 Å². The Balaban J connectivity index is 1.89. The van der Waals surface area contributed by atoms with Crippen LogP contribution in [0.2, 0.25) is 0 Å². The molecule has 0 unspecified atom stereocenters. The second-order valence-electron chi connectivity index (χ2n) is 6.93. The van der Waals surface area contributed by atoms with E-state index in [9.17, 15) is 0 Å². The molecule has 2 N–H and O–H groups in total. The summed E-state index contributed by atoms with van der Waals surface area (Å²) in [6.07, 6.45) is 2.09. The molecule has 0 aliphatic carbocycles. The molecule has 27 heavy (non-hydrogen) atoms. The molecule has 1 aliphatic rings. The number of hydrogen-bond acceptors (Lipinski definition) is 4. The minimum Gasteiger partial charge on any atom is -0.493 e. The molecule has 2 heterocycles. The second-order valence-corrected chi connectivity index (χ2v) is 6.93. The first kappa shape index (κ1) is 17.7. The van der Waals surface area contributed by atoms with Gasteiger partial charge in [-0.1, -0.05) is 25.1 Å². The van der Waals surface area contributed by atoms with E-state index in [0.29, 0.717) is 23.3 Å². The van der Waals surface area contributed by atoms with E-state index in [4.69, 9.17) is 14.2 Å². The predicted octanol–water partition coefficient (Wildman–Crippen LogP) is 4.21. The van der Waals surface area contributed by atoms with Gasteiger partial charge in [0.15, 0.2) is 11.5 Å². The molecule has 3 aromatic rings. The van der Waals surface area contributed by atoms with Gasteiger partial charge in [-0.3, -0.25) is 0 Å². The van der Waals surface area contributed by atoms with E-state index in [2.05, 4.69) is 41.5 Å². The first-order valence-electron chi connectivity index (χ1n) is 9.35. The summed E-state index contributed by atoms with van der Waals surface area (Å²) in [5, 5.41) is 5.10. The van der Waals surface area contributed by atoms with Gasteiger partial charge in [0.1, 0.15) is 0 Å². The fourth-order valence-corrected chi connectivity index (χ4v) is 4.10. The zero-order valence-corrected chi connectivity index (χ0v) is 16.3. The van der Waals surface area contributed by atoms with E-state index in [-0.39, 0.29) is 6.04 Å². The quantitative estimate of drug-likeness (QED) is 0.710. The molecule has 0 bridgehead atoms. The summed E-state index contributed by atoms with van der Waals surface area (Å²) in [5.74, 6) is 1.96. The van der Waals surface area contributed by atoms with Crippen LogP contribution < -0.4 is 19.5 Å². The van der Waals surface area contributed by atoms with Crippen molar-refractivity contribution in [2.75, 3.05) is 21.3 Å². The number of benzene rings is 2. The highest BCUT2D eigenvalue weighted by atomic mass is 16.5. The highest BCUT2D eigenvalue weighted by molar-refractivity contribution is 5.85. The molecule has 0 saturated heterocycles. The van der Waals surface area contributed by atoms with Crippen LogP contribution in [0.3, 0.4) is 0 Å². The summed E-state index contributed by atoms with van der Waals surface area (Å²) in [6, 6.07) is 13.0. The van der Waals surface area contributed by atoms with Gasteiger partial charge >= 0.3 is 0 Å². The monoisotopic (exact) mass is 366 g/mol. The lowest BCUT2D eigenvalue weighted by molar-refractivity contribution is 0.322. The van der Waals surface area contributed by atoms with Crippen LogP contribution in [-0.4, -0.2) is 32.4 Å². The lowest BCUT2D eigenvalue weighted by Crippen LogP contribution is -2.39. The molecule has 2 atom stereocenters. The Morgan fingerprint density at radius 2 is 1.70 bits per heavy atom. The minimum atomic E-state index is 0.0415. The van der Waals surface area contributed by atoms with Crippen LogP contribution >= 0.6 is 0 Å². The van der Waals surface area contributed by atoms with Crippen LogP contribution in [0.25, 0.3) is 10.9 Å². The molecule has 5 nitrogen and oxygen atoms in total. The van der Waals surface area contributed by atoms with E-state index < -0.39 is 0 Å². The lowest BCUT2D eigenvalue weighted by atomic mass is 9.89. The maximum Gasteiger partial charge on any atom is 0.203 e. The van der Waals surface area contributed by atoms with Gasteiger partial charge in [-0.05, 0) is 42.2 Å². The summed E-state index contributed by atoms with van der Waals surface area (Å²) in [5.41, 5.74) is 4.89. The van der Waals surface area contributed by atoms with Gasteiger partial charge in [-0.2, -0.15) is 0 Å². The predicted molar refractivity (Wildman–Crippen MR) is 107 cm³/mol. The van der Waals surface area contributed by atoms with Crippen LogP contribution in [0.1, 0.15) is 36.2 Å². The van der Waals surface area contributed by atoms with Gasteiger partial charge in [-0.25, -0.2) is 0 Å². The average Bonchev–Trinajstić information content (AvgIpc) is 3.10. The van der Waals surface area contributed by atoms with Gasteiger partial charge in [0, 0.05) is 22.6 Å². The smallest absolute Gasteiger partial charge is 0.203 e. The molecule has 4 rings (SSSR count). The van der Waals surface area contributed by atoms with Crippen molar-refractivity contribution < 1.29 is 14.2 Å². The zero-order chi connectivity index (χ0) is 19.0. The number of aromatic nitrogens is 1. The third kappa shape index (κ3) is 2.92. The summed E-state index contributed by atoms with van der Waals surface area (Å²) in [4.78, 5) is 3.64. The van der Waals surface area contributed by atoms with E-state index >= 15 is 0 Å². The average molecular weight is 366 g/mol. The Morgan fingerprint density at radius 3 is 2.33 bits per heavy atom. The van der Waals surface area contributed by atoms with E-state index in [0.717, 1.165) is 18.4 Å². The molecule has 0 amide bonds. The van der Waals surface area contributed by atoms with Crippen molar-refractivity contribution in [3.8, 4) is 17.2 Å². The molecule has 1 aliphatic heterocycles. The number of hydrogen-bond donors (Lipinski definition) is 2. The molecule has 5 heteroatoms. The van der Waals surface area contributed by atoms with E-state index in [1.165, 1.54) is 22.2 Å². The van der Waals surface area contributed by atoms with Crippen molar-refractivity contribution in [3.05, 3.63) is 53.2 Å². The van der Waals surface area contributed by atoms with Crippen molar-refractivity contribution in [2.24, 2.45) is 0 Å². The molecule has 0 radical (unpaired) electrons. The Morgan fingerprint density at radius 1 is 1.00 bits per heavy atom. The third-order valence-corrected chi connectivity index (χ3v) is 5.50. The van der Waals surface area contributed by atoms with E-state index in [1.54, 1.807) is 21.3 Å². The molecule has 142 valence electrons. The largest absolute Gasteiger partial charge is 0.493 e. The number of rotatable bonds is 5. The van der Waals surface area contributed by atoms with Crippen LogP contribution in [0, 0.1) is 0 Å². The second kappa shape index (κ2) is 7.16. The van der Waals surface area contributed by atoms with Crippen molar-refractivity contribution >= 4 is 10.9 Å². The van der Waals surface area contributed by atoms with Gasteiger partial charge in [0.05, 0.1) is 27.4 Å². The minimum absolute atomic E-state index is 0.0415. The summed E-state index contributed by atoms with van der Waals surface area (Å²) < 4.78 is 16.6. The Bertz CT molecular complexity index is 938. The number of H-pyrrole nitrogens is 1. The van der Waals surface area contributed by atoms with Gasteiger partial charge in [-0.15, -0.1) is 0 Å². The van der Waals surface area contributed by atoms with Crippen LogP contribution in [-0.2, 0) is 6.42 Å². The van der Waals surface area contributed by atoms with Gasteiger partial charge in [0.25, 0.3) is 0 Å². The normalized spacial score (nSPS) is 19.0. The standard InChI is InChI=1S/C22H26N2O3/c1-5-14-12-16-15-8-6-7-9-17(15)24-21(16)20(23-14)13-10-18(25-2)22(27-4)19(11-13)26-3/h6-11,14,20,23-24H,5,12H2,1-4H3/t14-,20-/m1/s1. The summed E-state index contributed by atoms with van der Waals surface area (Å²) in [6.45, 7) is 2.23. The Labute approximate surface area is 159 Å². The lowest BCUT2D eigenvalue weighted by Gasteiger charge is -2.32. The number of methoxy groups -OCH3 is 3. The summed E-state index contributed by atoms with van der Waals surface area (Å²) in [7, 11) is 4.93. The maximum atomic E-state index is 5.57. The Hall–Kier alpha value is -2.66. The van der Waals surface area contributed by atoms with Crippen molar-refractivity contribution in [3.63, 3.8) is 0 Å². The Kier molecular flexibility index (Phi) is 4.70.